The number of hydrogen-bond acceptors (Lipinski definition) is 5. The molecule has 0 saturated carbocycles. The Balaban J connectivity index is 2.32. The Bertz CT molecular complexity index is 668. The summed E-state index contributed by atoms with van der Waals surface area (Å²) in [7, 11) is 1.29. The summed E-state index contributed by atoms with van der Waals surface area (Å²) in [5, 5.41) is 16.7. The molecular weight excluding hydrogens is 330 g/mol. The summed E-state index contributed by atoms with van der Waals surface area (Å²) in [6.07, 6.45) is 1.56. The van der Waals surface area contributed by atoms with Crippen LogP contribution in [-0.2, 0) is 16.0 Å². The first-order valence-corrected chi connectivity index (χ1v) is 6.31. The van der Waals surface area contributed by atoms with Crippen LogP contribution in [0.15, 0.2) is 28.9 Å². The highest BCUT2D eigenvalue weighted by molar-refractivity contribution is 9.10. The molecule has 0 aliphatic rings. The van der Waals surface area contributed by atoms with Crippen LogP contribution in [0, 0.1) is 0 Å². The van der Waals surface area contributed by atoms with Crippen LogP contribution in [0.1, 0.15) is 16.1 Å². The molecule has 1 aromatic heterocycles. The standard InChI is InChI=1S/C12H10BrN3O4/c1-20-11(17)5-9-6-16(15-14-9)10-3-7(12(18)19)2-8(13)4-10/h2-4,6H,5H2,1H3,(H,18,19). The Labute approximate surface area is 122 Å². The Kier molecular flexibility index (Phi) is 4.14. The van der Waals surface area contributed by atoms with Crippen LogP contribution in [0.25, 0.3) is 5.69 Å². The SMILES string of the molecule is COC(=O)Cc1cn(-c2cc(Br)cc(C(=O)O)c2)nn1. The maximum absolute atomic E-state index is 11.1. The summed E-state index contributed by atoms with van der Waals surface area (Å²) < 4.78 is 6.54. The molecule has 0 radical (unpaired) electrons. The van der Waals surface area contributed by atoms with E-state index in [9.17, 15) is 9.59 Å². The fourth-order valence-electron chi connectivity index (χ4n) is 1.56. The van der Waals surface area contributed by atoms with Crippen molar-refractivity contribution in [3.63, 3.8) is 0 Å². The molecule has 0 fully saturated rings. The molecule has 0 bridgehead atoms. The van der Waals surface area contributed by atoms with Gasteiger partial charge < -0.3 is 9.84 Å². The van der Waals surface area contributed by atoms with Crippen LogP contribution in [0.3, 0.4) is 0 Å². The maximum atomic E-state index is 11.1. The van der Waals surface area contributed by atoms with Crippen molar-refractivity contribution in [1.29, 1.82) is 0 Å². The molecule has 1 heterocycles. The Morgan fingerprint density at radius 3 is 2.80 bits per heavy atom. The van der Waals surface area contributed by atoms with Gasteiger partial charge >= 0.3 is 11.9 Å². The van der Waals surface area contributed by atoms with Gasteiger partial charge in [0.15, 0.2) is 0 Å². The number of rotatable bonds is 4. The fourth-order valence-corrected chi connectivity index (χ4v) is 2.04. The summed E-state index contributed by atoms with van der Waals surface area (Å²) in [6.45, 7) is 0. The van der Waals surface area contributed by atoms with Crippen molar-refractivity contribution in [2.75, 3.05) is 7.11 Å². The third-order valence-electron chi connectivity index (χ3n) is 2.49. The topological polar surface area (TPSA) is 94.3 Å². The van der Waals surface area contributed by atoms with Gasteiger partial charge in [0.1, 0.15) is 0 Å². The lowest BCUT2D eigenvalue weighted by Gasteiger charge is -2.03. The summed E-state index contributed by atoms with van der Waals surface area (Å²) in [5.41, 5.74) is 1.09. The molecule has 20 heavy (non-hydrogen) atoms. The average Bonchev–Trinajstić information content (AvgIpc) is 2.86. The van der Waals surface area contributed by atoms with Crippen LogP contribution < -0.4 is 0 Å². The first-order chi connectivity index (χ1) is 9.49. The average molecular weight is 340 g/mol. The van der Waals surface area contributed by atoms with Crippen molar-refractivity contribution in [3.05, 3.63) is 40.1 Å². The van der Waals surface area contributed by atoms with Crippen molar-refractivity contribution >= 4 is 27.9 Å². The van der Waals surface area contributed by atoms with Gasteiger partial charge in [0.25, 0.3) is 0 Å². The molecule has 2 aromatic rings. The number of carboxylic acid groups (broad SMARTS) is 1. The molecule has 0 spiro atoms. The fraction of sp³-hybridized carbons (Fsp3) is 0.167. The molecule has 1 aromatic carbocycles. The van der Waals surface area contributed by atoms with Crippen LogP contribution >= 0.6 is 15.9 Å². The van der Waals surface area contributed by atoms with E-state index in [-0.39, 0.29) is 12.0 Å². The van der Waals surface area contributed by atoms with Gasteiger partial charge in [-0.2, -0.15) is 0 Å². The highest BCUT2D eigenvalue weighted by Crippen LogP contribution is 2.18. The van der Waals surface area contributed by atoms with Crippen molar-refractivity contribution in [3.8, 4) is 5.69 Å². The van der Waals surface area contributed by atoms with E-state index < -0.39 is 11.9 Å². The van der Waals surface area contributed by atoms with Crippen LogP contribution in [0.5, 0.6) is 0 Å². The lowest BCUT2D eigenvalue weighted by atomic mass is 10.2. The molecule has 7 nitrogen and oxygen atoms in total. The molecule has 2 rings (SSSR count). The Morgan fingerprint density at radius 1 is 1.40 bits per heavy atom. The summed E-state index contributed by atoms with van der Waals surface area (Å²) in [6, 6.07) is 4.64. The number of carbonyl (C=O) groups is 2. The number of hydrogen-bond donors (Lipinski definition) is 1. The van der Waals surface area contributed by atoms with E-state index in [1.807, 2.05) is 0 Å². The second-order valence-electron chi connectivity index (χ2n) is 3.91. The molecule has 0 aliphatic carbocycles. The van der Waals surface area contributed by atoms with E-state index in [0.717, 1.165) is 0 Å². The normalized spacial score (nSPS) is 10.3. The van der Waals surface area contributed by atoms with Gasteiger partial charge in [0.2, 0.25) is 0 Å². The monoisotopic (exact) mass is 339 g/mol. The minimum Gasteiger partial charge on any atom is -0.478 e. The summed E-state index contributed by atoms with van der Waals surface area (Å²) in [4.78, 5) is 22.1. The number of aromatic carboxylic acids is 1. The number of carboxylic acids is 1. The zero-order valence-electron chi connectivity index (χ0n) is 10.4. The number of methoxy groups -OCH3 is 1. The molecule has 0 aliphatic heterocycles. The lowest BCUT2D eigenvalue weighted by Crippen LogP contribution is -2.04. The third-order valence-corrected chi connectivity index (χ3v) is 2.95. The predicted octanol–water partition coefficient (Wildman–Crippen LogP) is 1.44. The molecule has 0 atom stereocenters. The zero-order chi connectivity index (χ0) is 14.7. The second kappa shape index (κ2) is 5.83. The highest BCUT2D eigenvalue weighted by Gasteiger charge is 2.11. The molecule has 0 amide bonds. The molecule has 0 unspecified atom stereocenters. The van der Waals surface area contributed by atoms with Gasteiger partial charge in [-0.05, 0) is 18.2 Å². The van der Waals surface area contributed by atoms with Gasteiger partial charge in [-0.1, -0.05) is 21.1 Å². The molecule has 1 N–H and O–H groups in total. The van der Waals surface area contributed by atoms with Gasteiger partial charge in [0.05, 0.1) is 36.7 Å². The van der Waals surface area contributed by atoms with Gasteiger partial charge in [-0.3, -0.25) is 4.79 Å². The van der Waals surface area contributed by atoms with Crippen LogP contribution in [0.2, 0.25) is 0 Å². The zero-order valence-corrected chi connectivity index (χ0v) is 12.0. The number of ether oxygens (including phenoxy) is 1. The van der Waals surface area contributed by atoms with Gasteiger partial charge in [-0.15, -0.1) is 5.10 Å². The Hall–Kier alpha value is -2.22. The van der Waals surface area contributed by atoms with E-state index in [0.29, 0.717) is 15.9 Å². The molecule has 104 valence electrons. The highest BCUT2D eigenvalue weighted by atomic mass is 79.9. The van der Waals surface area contributed by atoms with E-state index in [2.05, 4.69) is 31.0 Å². The van der Waals surface area contributed by atoms with Crippen molar-refractivity contribution < 1.29 is 19.4 Å². The van der Waals surface area contributed by atoms with Crippen molar-refractivity contribution in [2.45, 2.75) is 6.42 Å². The van der Waals surface area contributed by atoms with E-state index in [1.165, 1.54) is 23.9 Å². The minimum atomic E-state index is -1.04. The van der Waals surface area contributed by atoms with E-state index in [4.69, 9.17) is 5.11 Å². The smallest absolute Gasteiger partial charge is 0.335 e. The van der Waals surface area contributed by atoms with Crippen LogP contribution in [0.4, 0.5) is 0 Å². The van der Waals surface area contributed by atoms with Crippen molar-refractivity contribution in [1.82, 2.24) is 15.0 Å². The number of esters is 1. The Morgan fingerprint density at radius 2 is 2.15 bits per heavy atom. The molecule has 8 heteroatoms. The lowest BCUT2D eigenvalue weighted by molar-refractivity contribution is -0.139. The number of aromatic nitrogens is 3. The first kappa shape index (κ1) is 14.2. The predicted molar refractivity (Wildman–Crippen MR) is 71.7 cm³/mol. The second-order valence-corrected chi connectivity index (χ2v) is 4.83. The minimum absolute atomic E-state index is 0.0102. The van der Waals surface area contributed by atoms with E-state index >= 15 is 0 Å². The van der Waals surface area contributed by atoms with E-state index in [1.54, 1.807) is 12.3 Å². The number of nitrogens with zero attached hydrogens (tertiary/aromatic N) is 3. The first-order valence-electron chi connectivity index (χ1n) is 5.52. The number of benzene rings is 1. The van der Waals surface area contributed by atoms with Crippen LogP contribution in [-0.4, -0.2) is 39.1 Å². The van der Waals surface area contributed by atoms with Gasteiger partial charge in [0, 0.05) is 4.47 Å². The number of halogens is 1. The summed E-state index contributed by atoms with van der Waals surface area (Å²) >= 11 is 3.24. The molecule has 0 saturated heterocycles. The van der Waals surface area contributed by atoms with Crippen molar-refractivity contribution in [2.24, 2.45) is 0 Å². The quantitative estimate of drug-likeness (QED) is 0.847. The summed E-state index contributed by atoms with van der Waals surface area (Å²) in [5.74, 6) is -1.46. The third kappa shape index (κ3) is 3.21. The molecular formula is C12H10BrN3O4. The maximum Gasteiger partial charge on any atom is 0.335 e. The number of carbonyl (C=O) groups excluding carboxylic acids is 1. The largest absolute Gasteiger partial charge is 0.478 e. The van der Waals surface area contributed by atoms with Gasteiger partial charge in [-0.25, -0.2) is 9.48 Å².